The zero-order valence-electron chi connectivity index (χ0n) is 9.53. The smallest absolute Gasteiger partial charge is 0.126 e. The van der Waals surface area contributed by atoms with Crippen LogP contribution in [0.3, 0.4) is 0 Å². The summed E-state index contributed by atoms with van der Waals surface area (Å²) in [6.07, 6.45) is 2.09. The summed E-state index contributed by atoms with van der Waals surface area (Å²) < 4.78 is 26.0. The molecule has 2 N–H and O–H groups in total. The third-order valence-corrected chi connectivity index (χ3v) is 2.87. The van der Waals surface area contributed by atoms with Crippen LogP contribution in [0.1, 0.15) is 18.4 Å². The Morgan fingerprint density at radius 1 is 1.24 bits per heavy atom. The van der Waals surface area contributed by atoms with Gasteiger partial charge >= 0.3 is 0 Å². The Morgan fingerprint density at radius 3 is 2.47 bits per heavy atom. The van der Waals surface area contributed by atoms with Gasteiger partial charge in [0.2, 0.25) is 0 Å². The van der Waals surface area contributed by atoms with Crippen LogP contribution in [-0.2, 0) is 6.54 Å². The van der Waals surface area contributed by atoms with E-state index in [9.17, 15) is 8.78 Å². The highest BCUT2D eigenvalue weighted by Gasteiger charge is 2.16. The molecule has 2 nitrogen and oxygen atoms in total. The first-order valence-electron chi connectivity index (χ1n) is 5.56. The molecule has 96 valence electrons. The zero-order chi connectivity index (χ0) is 11.5. The lowest BCUT2D eigenvalue weighted by Crippen LogP contribution is -2.42. The third-order valence-electron chi connectivity index (χ3n) is 2.87. The average Bonchev–Trinajstić information content (AvgIpc) is 2.15. The van der Waals surface area contributed by atoms with E-state index < -0.39 is 11.6 Å². The SMILES string of the molecule is Cl.NC1CCCN(Cc2cc(F)cc(F)c2)C1. The molecule has 0 aromatic heterocycles. The summed E-state index contributed by atoms with van der Waals surface area (Å²) >= 11 is 0. The first-order chi connectivity index (χ1) is 7.63. The topological polar surface area (TPSA) is 29.3 Å². The number of hydrogen-bond donors (Lipinski definition) is 1. The fourth-order valence-corrected chi connectivity index (χ4v) is 2.20. The normalized spacial score (nSPS) is 21.0. The number of piperidine rings is 1. The van der Waals surface area contributed by atoms with Crippen molar-refractivity contribution in [3.05, 3.63) is 35.4 Å². The predicted octanol–water partition coefficient (Wildman–Crippen LogP) is 2.31. The molecule has 1 saturated heterocycles. The van der Waals surface area contributed by atoms with Crippen LogP contribution in [0.25, 0.3) is 0 Å². The van der Waals surface area contributed by atoms with Crippen molar-refractivity contribution in [2.24, 2.45) is 5.73 Å². The summed E-state index contributed by atoms with van der Waals surface area (Å²) in [4.78, 5) is 2.14. The zero-order valence-corrected chi connectivity index (χ0v) is 10.4. The number of nitrogens with zero attached hydrogens (tertiary/aromatic N) is 1. The fourth-order valence-electron chi connectivity index (χ4n) is 2.20. The quantitative estimate of drug-likeness (QED) is 0.886. The van der Waals surface area contributed by atoms with Crippen molar-refractivity contribution in [1.82, 2.24) is 4.90 Å². The number of hydrogen-bond acceptors (Lipinski definition) is 2. The Balaban J connectivity index is 0.00000144. The molecule has 1 aliphatic rings. The van der Waals surface area contributed by atoms with E-state index in [0.717, 1.165) is 32.0 Å². The number of benzene rings is 1. The Bertz CT molecular complexity index is 353. The van der Waals surface area contributed by atoms with Gasteiger partial charge in [-0.25, -0.2) is 8.78 Å². The molecule has 0 bridgehead atoms. The predicted molar refractivity (Wildman–Crippen MR) is 66.1 cm³/mol. The molecule has 0 spiro atoms. The molecule has 1 aliphatic heterocycles. The van der Waals surface area contributed by atoms with Crippen molar-refractivity contribution in [1.29, 1.82) is 0 Å². The maximum Gasteiger partial charge on any atom is 0.126 e. The molecule has 0 amide bonds. The van der Waals surface area contributed by atoms with Gasteiger partial charge in [0.15, 0.2) is 0 Å². The van der Waals surface area contributed by atoms with E-state index >= 15 is 0 Å². The lowest BCUT2D eigenvalue weighted by atomic mass is 10.1. The maximum atomic E-state index is 13.0. The molecule has 5 heteroatoms. The highest BCUT2D eigenvalue weighted by molar-refractivity contribution is 5.85. The van der Waals surface area contributed by atoms with E-state index in [0.29, 0.717) is 12.1 Å². The third kappa shape index (κ3) is 4.22. The van der Waals surface area contributed by atoms with Crippen LogP contribution in [0.4, 0.5) is 8.78 Å². The van der Waals surface area contributed by atoms with Gasteiger partial charge in [-0.2, -0.15) is 0 Å². The Morgan fingerprint density at radius 2 is 1.88 bits per heavy atom. The summed E-state index contributed by atoms with van der Waals surface area (Å²) in [5.74, 6) is -1.03. The van der Waals surface area contributed by atoms with Crippen molar-refractivity contribution in [3.63, 3.8) is 0 Å². The molecule has 1 aromatic rings. The van der Waals surface area contributed by atoms with Gasteiger partial charge in [0.1, 0.15) is 11.6 Å². The maximum absolute atomic E-state index is 13.0. The van der Waals surface area contributed by atoms with Crippen LogP contribution in [0.2, 0.25) is 0 Å². The highest BCUT2D eigenvalue weighted by atomic mass is 35.5. The molecule has 0 aliphatic carbocycles. The van der Waals surface area contributed by atoms with E-state index in [1.54, 1.807) is 0 Å². The summed E-state index contributed by atoms with van der Waals surface area (Å²) in [5, 5.41) is 0. The Labute approximate surface area is 106 Å². The minimum atomic E-state index is -0.517. The van der Waals surface area contributed by atoms with Gasteiger partial charge in [0.05, 0.1) is 0 Å². The van der Waals surface area contributed by atoms with Crippen molar-refractivity contribution >= 4 is 12.4 Å². The molecule has 17 heavy (non-hydrogen) atoms. The molecule has 0 saturated carbocycles. The van der Waals surface area contributed by atoms with Crippen LogP contribution >= 0.6 is 12.4 Å². The molecular formula is C12H17ClF2N2. The highest BCUT2D eigenvalue weighted by Crippen LogP contribution is 2.14. The van der Waals surface area contributed by atoms with E-state index in [2.05, 4.69) is 4.90 Å². The van der Waals surface area contributed by atoms with Gasteiger partial charge in [-0.05, 0) is 37.1 Å². The van der Waals surface area contributed by atoms with Crippen LogP contribution in [0.15, 0.2) is 18.2 Å². The molecular weight excluding hydrogens is 246 g/mol. The first-order valence-corrected chi connectivity index (χ1v) is 5.56. The van der Waals surface area contributed by atoms with Gasteiger partial charge in [-0.1, -0.05) is 0 Å². The summed E-state index contributed by atoms with van der Waals surface area (Å²) in [7, 11) is 0. The van der Waals surface area contributed by atoms with E-state index in [1.165, 1.54) is 12.1 Å². The van der Waals surface area contributed by atoms with Gasteiger partial charge < -0.3 is 5.73 Å². The second kappa shape index (κ2) is 6.28. The van der Waals surface area contributed by atoms with Crippen molar-refractivity contribution < 1.29 is 8.78 Å². The molecule has 1 fully saturated rings. The van der Waals surface area contributed by atoms with Crippen LogP contribution < -0.4 is 5.73 Å². The number of rotatable bonds is 2. The number of halogens is 3. The number of likely N-dealkylation sites (tertiary alicyclic amines) is 1. The molecule has 1 heterocycles. The average molecular weight is 263 g/mol. The lowest BCUT2D eigenvalue weighted by molar-refractivity contribution is 0.201. The minimum Gasteiger partial charge on any atom is -0.327 e. The molecule has 2 rings (SSSR count). The lowest BCUT2D eigenvalue weighted by Gasteiger charge is -2.30. The fraction of sp³-hybridized carbons (Fsp3) is 0.500. The van der Waals surface area contributed by atoms with Crippen LogP contribution in [0, 0.1) is 11.6 Å². The monoisotopic (exact) mass is 262 g/mol. The second-order valence-corrected chi connectivity index (χ2v) is 4.42. The van der Waals surface area contributed by atoms with Crippen LogP contribution in [0.5, 0.6) is 0 Å². The molecule has 0 radical (unpaired) electrons. The van der Waals surface area contributed by atoms with E-state index in [4.69, 9.17) is 5.73 Å². The minimum absolute atomic E-state index is 0. The first kappa shape index (κ1) is 14.4. The second-order valence-electron chi connectivity index (χ2n) is 4.42. The Kier molecular flexibility index (Phi) is 5.31. The number of nitrogens with two attached hydrogens (primary N) is 1. The van der Waals surface area contributed by atoms with Gasteiger partial charge in [0, 0.05) is 25.2 Å². The van der Waals surface area contributed by atoms with E-state index in [1.807, 2.05) is 0 Å². The van der Waals surface area contributed by atoms with Crippen molar-refractivity contribution in [2.45, 2.75) is 25.4 Å². The molecule has 1 atom stereocenters. The van der Waals surface area contributed by atoms with Crippen molar-refractivity contribution in [2.75, 3.05) is 13.1 Å². The summed E-state index contributed by atoms with van der Waals surface area (Å²) in [5.41, 5.74) is 6.52. The molecule has 1 unspecified atom stereocenters. The standard InChI is InChI=1S/C12H16F2N2.ClH/c13-10-4-9(5-11(14)6-10)7-16-3-1-2-12(15)8-16;/h4-6,12H,1-3,7-8,15H2;1H. The van der Waals surface area contributed by atoms with Gasteiger partial charge in [-0.3, -0.25) is 4.90 Å². The largest absolute Gasteiger partial charge is 0.327 e. The Hall–Kier alpha value is -0.710. The molecule has 1 aromatic carbocycles. The van der Waals surface area contributed by atoms with Crippen molar-refractivity contribution in [3.8, 4) is 0 Å². The van der Waals surface area contributed by atoms with Gasteiger partial charge in [0.25, 0.3) is 0 Å². The van der Waals surface area contributed by atoms with E-state index in [-0.39, 0.29) is 18.4 Å². The van der Waals surface area contributed by atoms with Crippen LogP contribution in [-0.4, -0.2) is 24.0 Å². The van der Waals surface area contributed by atoms with Gasteiger partial charge in [-0.15, -0.1) is 12.4 Å². The summed E-state index contributed by atoms with van der Waals surface area (Å²) in [6.45, 7) is 2.33. The summed E-state index contributed by atoms with van der Waals surface area (Å²) in [6, 6.07) is 3.84.